The molecule has 7 aromatic carbocycles. The average molecular weight is 610 g/mol. The summed E-state index contributed by atoms with van der Waals surface area (Å²) in [7, 11) is 0. The second kappa shape index (κ2) is 9.54. The van der Waals surface area contributed by atoms with Crippen LogP contribution < -0.4 is 0 Å². The average Bonchev–Trinajstić information content (AvgIpc) is 3.78. The van der Waals surface area contributed by atoms with Gasteiger partial charge in [-0.3, -0.25) is 4.98 Å². The largest absolute Gasteiger partial charge is 0.309 e. The van der Waals surface area contributed by atoms with Crippen LogP contribution in [0.25, 0.3) is 99.3 Å². The fourth-order valence-electron chi connectivity index (χ4n) is 8.22. The van der Waals surface area contributed by atoms with Crippen LogP contribution in [0.15, 0.2) is 164 Å². The number of nitrogens with zero attached hydrogens (tertiary/aromatic N) is 3. The van der Waals surface area contributed by atoms with E-state index in [2.05, 4.69) is 161 Å². The van der Waals surface area contributed by atoms with Gasteiger partial charge < -0.3 is 9.13 Å². The number of pyridine rings is 1. The van der Waals surface area contributed by atoms with Gasteiger partial charge in [0.1, 0.15) is 0 Å². The Hall–Kier alpha value is -6.45. The molecule has 0 radical (unpaired) electrons. The first-order valence-electron chi connectivity index (χ1n) is 16.5. The second-order valence-electron chi connectivity index (χ2n) is 12.8. The quantitative estimate of drug-likeness (QED) is 0.195. The predicted octanol–water partition coefficient (Wildman–Crippen LogP) is 11.7. The Morgan fingerprint density at radius 3 is 1.90 bits per heavy atom. The van der Waals surface area contributed by atoms with E-state index in [4.69, 9.17) is 4.98 Å². The third kappa shape index (κ3) is 3.45. The van der Waals surface area contributed by atoms with E-state index >= 15 is 0 Å². The fraction of sp³-hybridized carbons (Fsp3) is 0. The Kier molecular flexibility index (Phi) is 5.11. The number of hydrogen-bond donors (Lipinski definition) is 0. The highest BCUT2D eigenvalue weighted by Gasteiger charge is 2.24. The maximum absolute atomic E-state index is 4.78. The summed E-state index contributed by atoms with van der Waals surface area (Å²) < 4.78 is 4.82. The molecule has 0 saturated carbocycles. The Bertz CT molecular complexity index is 2940. The van der Waals surface area contributed by atoms with Crippen LogP contribution in [0, 0.1) is 0 Å². The van der Waals surface area contributed by atoms with Crippen molar-refractivity contribution >= 4 is 54.4 Å². The minimum atomic E-state index is 1.07. The number of fused-ring (bicyclic) bond motifs is 9. The molecule has 48 heavy (non-hydrogen) atoms. The molecule has 0 saturated heterocycles. The summed E-state index contributed by atoms with van der Waals surface area (Å²) in [6.45, 7) is 0. The van der Waals surface area contributed by atoms with E-state index in [0.717, 1.165) is 5.69 Å². The van der Waals surface area contributed by atoms with Crippen LogP contribution >= 0.6 is 0 Å². The van der Waals surface area contributed by atoms with Crippen molar-refractivity contribution in [3.8, 4) is 44.9 Å². The van der Waals surface area contributed by atoms with Gasteiger partial charge in [0.2, 0.25) is 0 Å². The van der Waals surface area contributed by atoms with Crippen LogP contribution in [-0.4, -0.2) is 14.1 Å². The van der Waals surface area contributed by atoms with E-state index in [-0.39, 0.29) is 0 Å². The molecule has 3 aromatic heterocycles. The molecule has 3 nitrogen and oxygen atoms in total. The molecule has 0 fully saturated rings. The Morgan fingerprint density at radius 1 is 0.375 bits per heavy atom. The molecule has 11 rings (SSSR count). The Labute approximate surface area is 276 Å². The summed E-state index contributed by atoms with van der Waals surface area (Å²) in [4.78, 5) is 4.78. The number of benzene rings is 7. The SMILES string of the molecule is c1ccc(-n2c3ccccc3c3ccc(-c4ccc5c(c4)c4ccccc4n5-c4cc5c6c(cccc6c4)-c4ncccc4-5)cc32)cc1. The van der Waals surface area contributed by atoms with Crippen LogP contribution in [0.4, 0.5) is 0 Å². The van der Waals surface area contributed by atoms with Gasteiger partial charge in [0.05, 0.1) is 27.8 Å². The molecule has 0 amide bonds. The Morgan fingerprint density at radius 2 is 1.04 bits per heavy atom. The first-order chi connectivity index (χ1) is 23.8. The first-order valence-corrected chi connectivity index (χ1v) is 16.5. The zero-order valence-corrected chi connectivity index (χ0v) is 25.9. The standard InChI is InChI=1S/C45H27N3/c1-2-11-31(12-3-1)47-40-17-6-4-13-33(40)35-21-19-29(26-43(35)47)28-20-22-42-38(25-28)34-14-5-7-18-41(34)48(42)32-24-30-10-8-15-37-44(30)39(27-32)36-16-9-23-46-45(36)37/h1-27H. The maximum atomic E-state index is 4.78. The van der Waals surface area contributed by atoms with Gasteiger partial charge in [-0.1, -0.05) is 97.1 Å². The topological polar surface area (TPSA) is 22.8 Å². The van der Waals surface area contributed by atoms with Crippen LogP contribution in [0.5, 0.6) is 0 Å². The number of aromatic nitrogens is 3. The van der Waals surface area contributed by atoms with E-state index in [1.54, 1.807) is 0 Å². The highest BCUT2D eigenvalue weighted by molar-refractivity contribution is 6.16. The van der Waals surface area contributed by atoms with Crippen LogP contribution in [0.3, 0.4) is 0 Å². The van der Waals surface area contributed by atoms with E-state index in [1.807, 2.05) is 12.3 Å². The maximum Gasteiger partial charge on any atom is 0.0786 e. The molecule has 0 spiro atoms. The minimum Gasteiger partial charge on any atom is -0.309 e. The minimum absolute atomic E-state index is 1.07. The van der Waals surface area contributed by atoms with Crippen molar-refractivity contribution < 1.29 is 0 Å². The molecular formula is C45H27N3. The van der Waals surface area contributed by atoms with Crippen molar-refractivity contribution in [2.45, 2.75) is 0 Å². The summed E-state index contributed by atoms with van der Waals surface area (Å²) in [6.07, 6.45) is 1.90. The van der Waals surface area contributed by atoms with E-state index in [1.165, 1.54) is 93.6 Å². The van der Waals surface area contributed by atoms with Gasteiger partial charge in [-0.25, -0.2) is 0 Å². The molecular weight excluding hydrogens is 583 g/mol. The second-order valence-corrected chi connectivity index (χ2v) is 12.8. The molecule has 0 aliphatic heterocycles. The molecule has 1 aliphatic rings. The van der Waals surface area contributed by atoms with Gasteiger partial charge in [-0.05, 0) is 88.1 Å². The first kappa shape index (κ1) is 25.7. The zero-order valence-electron chi connectivity index (χ0n) is 25.9. The normalized spacial score (nSPS) is 12.2. The summed E-state index contributed by atoms with van der Waals surface area (Å²) in [5.41, 5.74) is 14.3. The number of hydrogen-bond acceptors (Lipinski definition) is 1. The van der Waals surface area contributed by atoms with Crippen molar-refractivity contribution in [2.75, 3.05) is 0 Å². The highest BCUT2D eigenvalue weighted by atomic mass is 15.0. The lowest BCUT2D eigenvalue weighted by Gasteiger charge is -2.12. The van der Waals surface area contributed by atoms with E-state index < -0.39 is 0 Å². The van der Waals surface area contributed by atoms with Crippen LogP contribution in [0.1, 0.15) is 0 Å². The third-order valence-corrected chi connectivity index (χ3v) is 10.3. The summed E-state index contributed by atoms with van der Waals surface area (Å²) in [6, 6.07) is 57.6. The van der Waals surface area contributed by atoms with Gasteiger partial charge >= 0.3 is 0 Å². The molecule has 3 heteroatoms. The summed E-state index contributed by atoms with van der Waals surface area (Å²) >= 11 is 0. The van der Waals surface area contributed by atoms with E-state index in [0.29, 0.717) is 0 Å². The van der Waals surface area contributed by atoms with Gasteiger partial charge in [-0.2, -0.15) is 0 Å². The van der Waals surface area contributed by atoms with Gasteiger partial charge in [0.25, 0.3) is 0 Å². The van der Waals surface area contributed by atoms with Crippen molar-refractivity contribution in [1.29, 1.82) is 0 Å². The molecule has 3 heterocycles. The predicted molar refractivity (Wildman–Crippen MR) is 200 cm³/mol. The molecule has 10 aromatic rings. The van der Waals surface area contributed by atoms with Crippen LogP contribution in [0.2, 0.25) is 0 Å². The number of rotatable bonds is 3. The smallest absolute Gasteiger partial charge is 0.0786 e. The lowest BCUT2D eigenvalue weighted by molar-refractivity contribution is 1.18. The van der Waals surface area contributed by atoms with Crippen molar-refractivity contribution in [1.82, 2.24) is 14.1 Å². The van der Waals surface area contributed by atoms with Gasteiger partial charge in [0.15, 0.2) is 0 Å². The summed E-state index contributed by atoms with van der Waals surface area (Å²) in [5, 5.41) is 7.57. The number of para-hydroxylation sites is 3. The summed E-state index contributed by atoms with van der Waals surface area (Å²) in [5.74, 6) is 0. The highest BCUT2D eigenvalue weighted by Crippen LogP contribution is 2.47. The molecule has 0 N–H and O–H groups in total. The van der Waals surface area contributed by atoms with Crippen molar-refractivity contribution in [3.63, 3.8) is 0 Å². The zero-order chi connectivity index (χ0) is 31.3. The molecule has 222 valence electrons. The van der Waals surface area contributed by atoms with Gasteiger partial charge in [-0.15, -0.1) is 0 Å². The Balaban J connectivity index is 1.14. The van der Waals surface area contributed by atoms with E-state index in [9.17, 15) is 0 Å². The fourth-order valence-corrected chi connectivity index (χ4v) is 8.22. The molecule has 0 bridgehead atoms. The molecule has 0 unspecified atom stereocenters. The molecule has 1 aliphatic carbocycles. The molecule has 0 atom stereocenters. The lowest BCUT2D eigenvalue weighted by Crippen LogP contribution is -1.95. The monoisotopic (exact) mass is 609 g/mol. The van der Waals surface area contributed by atoms with Crippen molar-refractivity contribution in [3.05, 3.63) is 164 Å². The third-order valence-electron chi connectivity index (χ3n) is 10.3. The van der Waals surface area contributed by atoms with Gasteiger partial charge in [0, 0.05) is 50.2 Å². The van der Waals surface area contributed by atoms with Crippen molar-refractivity contribution in [2.24, 2.45) is 0 Å². The lowest BCUT2D eigenvalue weighted by atomic mass is 10.0. The van der Waals surface area contributed by atoms with Crippen LogP contribution in [-0.2, 0) is 0 Å².